The molecule has 86 valence electrons. The highest BCUT2D eigenvalue weighted by molar-refractivity contribution is 6.37. The van der Waals surface area contributed by atoms with Crippen LogP contribution in [0.1, 0.15) is 11.1 Å². The molecule has 0 radical (unpaired) electrons. The van der Waals surface area contributed by atoms with Gasteiger partial charge in [0.2, 0.25) is 0 Å². The van der Waals surface area contributed by atoms with E-state index in [9.17, 15) is 0 Å². The summed E-state index contributed by atoms with van der Waals surface area (Å²) in [6, 6.07) is 8.47. The van der Waals surface area contributed by atoms with Crippen molar-refractivity contribution in [2.45, 2.75) is 0 Å². The molecule has 0 aliphatic rings. The first-order chi connectivity index (χ1) is 8.22. The van der Waals surface area contributed by atoms with E-state index in [2.05, 4.69) is 10.1 Å². The fourth-order valence-electron chi connectivity index (χ4n) is 1.46. The molecule has 0 spiro atoms. The Morgan fingerprint density at radius 3 is 2.41 bits per heavy atom. The molecular weight excluding hydrogens is 259 g/mol. The highest BCUT2D eigenvalue weighted by Gasteiger charge is 2.11. The first-order valence-corrected chi connectivity index (χ1v) is 5.56. The Morgan fingerprint density at radius 2 is 1.82 bits per heavy atom. The van der Waals surface area contributed by atoms with Crippen LogP contribution in [0.4, 0.5) is 0 Å². The van der Waals surface area contributed by atoms with Crippen LogP contribution in [0.2, 0.25) is 10.0 Å². The van der Waals surface area contributed by atoms with Crippen molar-refractivity contribution in [3.8, 4) is 0 Å². The van der Waals surface area contributed by atoms with Crippen LogP contribution in [0.15, 0.2) is 47.9 Å². The summed E-state index contributed by atoms with van der Waals surface area (Å²) < 4.78 is 0. The van der Waals surface area contributed by atoms with E-state index in [1.54, 1.807) is 42.7 Å². The number of hydrogen-bond acceptors (Lipinski definition) is 3. The Kier molecular flexibility index (Phi) is 3.61. The van der Waals surface area contributed by atoms with Gasteiger partial charge in [-0.25, -0.2) is 0 Å². The quantitative estimate of drug-likeness (QED) is 0.513. The summed E-state index contributed by atoms with van der Waals surface area (Å²) >= 11 is 11.9. The zero-order valence-corrected chi connectivity index (χ0v) is 10.2. The van der Waals surface area contributed by atoms with Gasteiger partial charge in [-0.05, 0) is 30.3 Å². The standard InChI is InChI=1S/C12H8Cl2N2O/c13-9-1-2-10(11(14)7-9)12(16-17)8-3-5-15-6-4-8/h1-7,17H/b16-12+. The maximum Gasteiger partial charge on any atom is 0.118 e. The Hall–Kier alpha value is -1.58. The molecule has 1 aromatic carbocycles. The number of halogens is 2. The van der Waals surface area contributed by atoms with Crippen LogP contribution in [0.25, 0.3) is 0 Å². The molecule has 1 heterocycles. The average Bonchev–Trinajstić information content (AvgIpc) is 2.34. The second-order valence-corrected chi connectivity index (χ2v) is 4.15. The molecule has 0 aliphatic carbocycles. The molecule has 1 aromatic heterocycles. The molecule has 0 bridgehead atoms. The monoisotopic (exact) mass is 266 g/mol. The molecule has 2 aromatic rings. The number of pyridine rings is 1. The molecule has 5 heteroatoms. The van der Waals surface area contributed by atoms with Gasteiger partial charge in [-0.1, -0.05) is 28.4 Å². The molecule has 0 unspecified atom stereocenters. The Balaban J connectivity index is 2.51. The van der Waals surface area contributed by atoms with Crippen molar-refractivity contribution in [1.82, 2.24) is 4.98 Å². The summed E-state index contributed by atoms with van der Waals surface area (Å²) in [4.78, 5) is 3.90. The lowest BCUT2D eigenvalue weighted by Gasteiger charge is -2.06. The van der Waals surface area contributed by atoms with Gasteiger partial charge in [-0.15, -0.1) is 0 Å². The Morgan fingerprint density at radius 1 is 1.12 bits per heavy atom. The maximum atomic E-state index is 9.10. The molecule has 0 fully saturated rings. The van der Waals surface area contributed by atoms with Gasteiger partial charge in [0.15, 0.2) is 0 Å². The van der Waals surface area contributed by atoms with Gasteiger partial charge in [-0.3, -0.25) is 4.98 Å². The zero-order valence-electron chi connectivity index (χ0n) is 8.64. The third kappa shape index (κ3) is 2.57. The molecule has 0 aliphatic heterocycles. The molecule has 1 N–H and O–H groups in total. The third-order valence-electron chi connectivity index (χ3n) is 2.24. The van der Waals surface area contributed by atoms with Crippen molar-refractivity contribution in [2.24, 2.45) is 5.16 Å². The summed E-state index contributed by atoms with van der Waals surface area (Å²) in [5, 5.41) is 13.3. The van der Waals surface area contributed by atoms with Crippen LogP contribution in [-0.4, -0.2) is 15.9 Å². The van der Waals surface area contributed by atoms with Crippen LogP contribution >= 0.6 is 23.2 Å². The second-order valence-electron chi connectivity index (χ2n) is 3.31. The van der Waals surface area contributed by atoms with E-state index < -0.39 is 0 Å². The van der Waals surface area contributed by atoms with Gasteiger partial charge in [0.1, 0.15) is 5.71 Å². The lowest BCUT2D eigenvalue weighted by molar-refractivity contribution is 0.319. The minimum atomic E-state index is 0.383. The van der Waals surface area contributed by atoms with Gasteiger partial charge in [0, 0.05) is 28.5 Å². The summed E-state index contributed by atoms with van der Waals surface area (Å²) in [6.07, 6.45) is 3.23. The predicted octanol–water partition coefficient (Wildman–Crippen LogP) is 3.62. The lowest BCUT2D eigenvalue weighted by atomic mass is 10.0. The minimum absolute atomic E-state index is 0.383. The van der Waals surface area contributed by atoms with E-state index in [4.69, 9.17) is 28.4 Å². The van der Waals surface area contributed by atoms with E-state index in [1.165, 1.54) is 0 Å². The van der Waals surface area contributed by atoms with Gasteiger partial charge in [0.05, 0.1) is 5.02 Å². The van der Waals surface area contributed by atoms with Crippen molar-refractivity contribution in [3.63, 3.8) is 0 Å². The molecule has 0 saturated carbocycles. The number of hydrogen-bond donors (Lipinski definition) is 1. The normalized spacial score (nSPS) is 11.5. The molecular formula is C12H8Cl2N2O. The number of nitrogens with zero attached hydrogens (tertiary/aromatic N) is 2. The highest BCUT2D eigenvalue weighted by atomic mass is 35.5. The van der Waals surface area contributed by atoms with Crippen molar-refractivity contribution < 1.29 is 5.21 Å². The first-order valence-electron chi connectivity index (χ1n) is 4.80. The van der Waals surface area contributed by atoms with Gasteiger partial charge < -0.3 is 5.21 Å². The van der Waals surface area contributed by atoms with Crippen LogP contribution in [0, 0.1) is 0 Å². The molecule has 0 saturated heterocycles. The minimum Gasteiger partial charge on any atom is -0.410 e. The van der Waals surface area contributed by atoms with E-state index >= 15 is 0 Å². The van der Waals surface area contributed by atoms with Crippen LogP contribution in [0.3, 0.4) is 0 Å². The highest BCUT2D eigenvalue weighted by Crippen LogP contribution is 2.23. The van der Waals surface area contributed by atoms with Gasteiger partial charge in [-0.2, -0.15) is 0 Å². The lowest BCUT2D eigenvalue weighted by Crippen LogP contribution is -2.04. The van der Waals surface area contributed by atoms with Crippen molar-refractivity contribution in [2.75, 3.05) is 0 Å². The molecule has 17 heavy (non-hydrogen) atoms. The summed E-state index contributed by atoms with van der Waals surface area (Å²) in [7, 11) is 0. The van der Waals surface area contributed by atoms with E-state index in [0.717, 1.165) is 5.56 Å². The first kappa shape index (κ1) is 11.9. The van der Waals surface area contributed by atoms with Crippen LogP contribution in [-0.2, 0) is 0 Å². The third-order valence-corrected chi connectivity index (χ3v) is 2.79. The number of aromatic nitrogens is 1. The molecule has 3 nitrogen and oxygen atoms in total. The zero-order chi connectivity index (χ0) is 12.3. The van der Waals surface area contributed by atoms with Crippen LogP contribution in [0.5, 0.6) is 0 Å². The van der Waals surface area contributed by atoms with E-state index in [1.807, 2.05) is 0 Å². The van der Waals surface area contributed by atoms with Crippen LogP contribution < -0.4 is 0 Å². The van der Waals surface area contributed by atoms with E-state index in [-0.39, 0.29) is 0 Å². The van der Waals surface area contributed by atoms with Crippen molar-refractivity contribution >= 4 is 28.9 Å². The summed E-state index contributed by atoms with van der Waals surface area (Å²) in [5.41, 5.74) is 1.73. The smallest absolute Gasteiger partial charge is 0.118 e. The summed E-state index contributed by atoms with van der Waals surface area (Å²) in [5.74, 6) is 0. The fraction of sp³-hybridized carbons (Fsp3) is 0. The predicted molar refractivity (Wildman–Crippen MR) is 68.1 cm³/mol. The fourth-order valence-corrected chi connectivity index (χ4v) is 1.96. The van der Waals surface area contributed by atoms with Gasteiger partial charge >= 0.3 is 0 Å². The summed E-state index contributed by atoms with van der Waals surface area (Å²) in [6.45, 7) is 0. The van der Waals surface area contributed by atoms with E-state index in [0.29, 0.717) is 21.3 Å². The molecule has 2 rings (SSSR count). The number of rotatable bonds is 2. The largest absolute Gasteiger partial charge is 0.410 e. The average molecular weight is 267 g/mol. The van der Waals surface area contributed by atoms with Gasteiger partial charge in [0.25, 0.3) is 0 Å². The van der Waals surface area contributed by atoms with Crippen molar-refractivity contribution in [3.05, 3.63) is 63.9 Å². The molecule has 0 atom stereocenters. The number of benzene rings is 1. The topological polar surface area (TPSA) is 45.5 Å². The Bertz CT molecular complexity index is 556. The SMILES string of the molecule is O/N=C(\c1ccncc1)c1ccc(Cl)cc1Cl. The maximum absolute atomic E-state index is 9.10. The van der Waals surface area contributed by atoms with Crippen molar-refractivity contribution in [1.29, 1.82) is 0 Å². The second kappa shape index (κ2) is 5.17. The Labute approximate surface area is 108 Å². The number of oxime groups is 1. The molecule has 0 amide bonds.